The summed E-state index contributed by atoms with van der Waals surface area (Å²) in [7, 11) is 0. The number of nitrogens with zero attached hydrogens (tertiary/aromatic N) is 1. The molecule has 2 atom stereocenters. The summed E-state index contributed by atoms with van der Waals surface area (Å²) in [6, 6.07) is 62.6. The van der Waals surface area contributed by atoms with Crippen molar-refractivity contribution in [1.82, 2.24) is 5.32 Å². The van der Waals surface area contributed by atoms with Gasteiger partial charge in [-0.1, -0.05) is 141 Å². The third kappa shape index (κ3) is 4.80. The van der Waals surface area contributed by atoms with E-state index < -0.39 is 0 Å². The molecular formula is C53H39N3O2. The van der Waals surface area contributed by atoms with Crippen molar-refractivity contribution in [1.29, 1.82) is 0 Å². The Morgan fingerprint density at radius 2 is 1.28 bits per heavy atom. The molecule has 0 amide bonds. The molecule has 12 rings (SSSR count). The fourth-order valence-corrected chi connectivity index (χ4v) is 9.78. The second-order valence-electron chi connectivity index (χ2n) is 16.1. The predicted molar refractivity (Wildman–Crippen MR) is 237 cm³/mol. The Bertz CT molecular complexity index is 3230. The van der Waals surface area contributed by atoms with E-state index in [1.165, 1.54) is 22.3 Å². The van der Waals surface area contributed by atoms with Crippen LogP contribution in [0, 0.1) is 0 Å². The number of fused-ring (bicyclic) bond motifs is 11. The van der Waals surface area contributed by atoms with Gasteiger partial charge in [-0.3, -0.25) is 5.32 Å². The average molecular weight is 750 g/mol. The maximum Gasteiger partial charge on any atom is 0.159 e. The third-order valence-electron chi connectivity index (χ3n) is 12.6. The molecule has 5 heteroatoms. The second kappa shape index (κ2) is 12.5. The van der Waals surface area contributed by atoms with E-state index in [1.807, 2.05) is 12.1 Å². The molecule has 2 aromatic heterocycles. The largest absolute Gasteiger partial charge is 0.457 e. The van der Waals surface area contributed by atoms with Crippen molar-refractivity contribution < 1.29 is 8.83 Å². The van der Waals surface area contributed by atoms with Gasteiger partial charge in [-0.2, -0.15) is 0 Å². The summed E-state index contributed by atoms with van der Waals surface area (Å²) in [6.45, 7) is 4.68. The maximum absolute atomic E-state index is 7.26. The Morgan fingerprint density at radius 3 is 2.14 bits per heavy atom. The van der Waals surface area contributed by atoms with Crippen LogP contribution in [0.4, 0.5) is 22.7 Å². The van der Waals surface area contributed by atoms with Crippen molar-refractivity contribution in [3.8, 4) is 11.1 Å². The number of hydrogen-bond acceptors (Lipinski definition) is 5. The van der Waals surface area contributed by atoms with Crippen molar-refractivity contribution in [2.45, 2.75) is 31.5 Å². The van der Waals surface area contributed by atoms with Crippen molar-refractivity contribution in [2.75, 3.05) is 10.2 Å². The number of hydrogen-bond donors (Lipinski definition) is 2. The number of furan rings is 2. The van der Waals surface area contributed by atoms with Crippen LogP contribution in [0.15, 0.2) is 185 Å². The molecule has 2 N–H and O–H groups in total. The highest BCUT2D eigenvalue weighted by atomic mass is 16.3. The van der Waals surface area contributed by atoms with Gasteiger partial charge in [0.2, 0.25) is 0 Å². The van der Waals surface area contributed by atoms with Gasteiger partial charge in [0, 0.05) is 43.9 Å². The van der Waals surface area contributed by atoms with E-state index in [0.717, 1.165) is 83.3 Å². The molecule has 2 aliphatic rings. The van der Waals surface area contributed by atoms with Crippen LogP contribution >= 0.6 is 0 Å². The van der Waals surface area contributed by atoms with Crippen LogP contribution < -0.4 is 15.5 Å². The lowest BCUT2D eigenvalue weighted by Gasteiger charge is -2.33. The second-order valence-corrected chi connectivity index (χ2v) is 16.1. The summed E-state index contributed by atoms with van der Waals surface area (Å²) in [4.78, 5) is 2.37. The molecule has 58 heavy (non-hydrogen) atoms. The molecule has 0 saturated carbocycles. The van der Waals surface area contributed by atoms with E-state index in [0.29, 0.717) is 0 Å². The molecular weight excluding hydrogens is 711 g/mol. The van der Waals surface area contributed by atoms with Gasteiger partial charge in [0.1, 0.15) is 23.1 Å². The number of rotatable bonds is 5. The van der Waals surface area contributed by atoms with Crippen LogP contribution in [0.2, 0.25) is 0 Å². The van der Waals surface area contributed by atoms with Crippen LogP contribution in [0.25, 0.3) is 54.8 Å². The van der Waals surface area contributed by atoms with Gasteiger partial charge in [0.25, 0.3) is 0 Å². The summed E-state index contributed by atoms with van der Waals surface area (Å²) < 4.78 is 13.9. The SMILES string of the molecule is CC1(C)c2ccccc2-c2ccc(N(c3ccccc3)c3ccc(C4Nc5c(oc6ccccc56)C(c5ccccc5)N4)c4c3oc3c5ccccc5ccc34)cc21. The summed E-state index contributed by atoms with van der Waals surface area (Å²) in [5.41, 5.74) is 14.1. The van der Waals surface area contributed by atoms with E-state index in [4.69, 9.17) is 8.83 Å². The Morgan fingerprint density at radius 1 is 0.552 bits per heavy atom. The normalized spacial score (nSPS) is 16.7. The van der Waals surface area contributed by atoms with Crippen molar-refractivity contribution >= 4 is 66.4 Å². The van der Waals surface area contributed by atoms with Gasteiger partial charge in [-0.15, -0.1) is 0 Å². The topological polar surface area (TPSA) is 53.6 Å². The third-order valence-corrected chi connectivity index (χ3v) is 12.6. The van der Waals surface area contributed by atoms with Crippen molar-refractivity contribution in [3.63, 3.8) is 0 Å². The molecule has 0 bridgehead atoms. The molecule has 1 aliphatic heterocycles. The maximum atomic E-state index is 7.26. The molecule has 2 unspecified atom stereocenters. The van der Waals surface area contributed by atoms with E-state index in [2.05, 4.69) is 193 Å². The minimum absolute atomic E-state index is 0.147. The minimum atomic E-state index is -0.271. The number of anilines is 4. The van der Waals surface area contributed by atoms with E-state index >= 15 is 0 Å². The standard InChI is InChI=1S/C53H39N3O2/c1-53(2)42-23-13-11-21-37(42)38-28-26-35(31-43(38)53)56(34-18-7-4-8-19-34)44-30-29-41(46-40-27-25-32-15-9-10-20-36(32)49(40)58-50(44)46)52-54-47(33-16-5-3-6-17-33)51-48(55-52)39-22-12-14-24-45(39)57-51/h3-31,47,52,54-55H,1-2H3. The van der Waals surface area contributed by atoms with Crippen LogP contribution in [0.5, 0.6) is 0 Å². The number of benzene rings is 8. The van der Waals surface area contributed by atoms with Gasteiger partial charge in [-0.05, 0) is 81.7 Å². The molecule has 5 nitrogen and oxygen atoms in total. The van der Waals surface area contributed by atoms with Crippen molar-refractivity contribution in [2.24, 2.45) is 0 Å². The lowest BCUT2D eigenvalue weighted by molar-refractivity contribution is 0.423. The fraction of sp³-hybridized carbons (Fsp3) is 0.0943. The molecule has 0 saturated heterocycles. The highest BCUT2D eigenvalue weighted by Gasteiger charge is 2.37. The summed E-state index contributed by atoms with van der Waals surface area (Å²) in [6.07, 6.45) is -0.271. The first-order valence-electron chi connectivity index (χ1n) is 20.1. The Balaban J connectivity index is 1.11. The lowest BCUT2D eigenvalue weighted by atomic mass is 9.82. The van der Waals surface area contributed by atoms with Crippen LogP contribution in [0.3, 0.4) is 0 Å². The zero-order chi connectivity index (χ0) is 38.5. The van der Waals surface area contributed by atoms with E-state index in [1.54, 1.807) is 0 Å². The van der Waals surface area contributed by atoms with Crippen LogP contribution in [-0.2, 0) is 5.41 Å². The lowest BCUT2D eigenvalue weighted by Crippen LogP contribution is -2.36. The van der Waals surface area contributed by atoms with Gasteiger partial charge < -0.3 is 19.1 Å². The van der Waals surface area contributed by atoms with Gasteiger partial charge in [-0.25, -0.2) is 0 Å². The van der Waals surface area contributed by atoms with Crippen molar-refractivity contribution in [3.05, 3.63) is 204 Å². The summed E-state index contributed by atoms with van der Waals surface area (Å²) >= 11 is 0. The average Bonchev–Trinajstić information content (AvgIpc) is 3.93. The minimum Gasteiger partial charge on any atom is -0.457 e. The van der Waals surface area contributed by atoms with Gasteiger partial charge in [0.15, 0.2) is 5.58 Å². The molecule has 10 aromatic rings. The highest BCUT2D eigenvalue weighted by Crippen LogP contribution is 2.52. The molecule has 3 heterocycles. The molecule has 0 fully saturated rings. The first kappa shape index (κ1) is 33.1. The molecule has 0 radical (unpaired) electrons. The van der Waals surface area contributed by atoms with Gasteiger partial charge >= 0.3 is 0 Å². The number of para-hydroxylation sites is 2. The quantitative estimate of drug-likeness (QED) is 0.183. The Labute approximate surface area is 336 Å². The molecule has 8 aromatic carbocycles. The zero-order valence-electron chi connectivity index (χ0n) is 32.2. The first-order valence-corrected chi connectivity index (χ1v) is 20.1. The summed E-state index contributed by atoms with van der Waals surface area (Å²) in [5.74, 6) is 0.886. The molecule has 0 spiro atoms. The smallest absolute Gasteiger partial charge is 0.159 e. The first-order chi connectivity index (χ1) is 28.5. The van der Waals surface area contributed by atoms with Gasteiger partial charge in [0.05, 0.1) is 17.4 Å². The highest BCUT2D eigenvalue weighted by molar-refractivity contribution is 6.19. The Kier molecular flexibility index (Phi) is 7.11. The molecule has 1 aliphatic carbocycles. The summed E-state index contributed by atoms with van der Waals surface area (Å²) in [5, 5.41) is 13.3. The zero-order valence-corrected chi connectivity index (χ0v) is 32.2. The van der Waals surface area contributed by atoms with Crippen LogP contribution in [-0.4, -0.2) is 0 Å². The monoisotopic (exact) mass is 749 g/mol. The van der Waals surface area contributed by atoms with E-state index in [-0.39, 0.29) is 17.6 Å². The van der Waals surface area contributed by atoms with Crippen LogP contribution in [0.1, 0.15) is 54.1 Å². The predicted octanol–water partition coefficient (Wildman–Crippen LogP) is 14.1. The van der Waals surface area contributed by atoms with E-state index in [9.17, 15) is 0 Å². The molecule has 278 valence electrons. The number of nitrogens with one attached hydrogen (secondary N) is 2. The Hall–Kier alpha value is -7.08. The fourth-order valence-electron chi connectivity index (χ4n) is 9.78.